The zero-order chi connectivity index (χ0) is 14.4. The van der Waals surface area contributed by atoms with Crippen molar-refractivity contribution in [3.8, 4) is 5.75 Å². The summed E-state index contributed by atoms with van der Waals surface area (Å²) in [6.45, 7) is 1.47. The molecular formula is C16H17ClFNO. The van der Waals surface area contributed by atoms with Crippen molar-refractivity contribution in [2.24, 2.45) is 0 Å². The lowest BCUT2D eigenvalue weighted by Gasteiger charge is -2.07. The van der Waals surface area contributed by atoms with Gasteiger partial charge >= 0.3 is 0 Å². The van der Waals surface area contributed by atoms with E-state index in [1.54, 1.807) is 13.2 Å². The summed E-state index contributed by atoms with van der Waals surface area (Å²) in [5, 5.41) is 3.76. The molecule has 0 fully saturated rings. The molecule has 2 nitrogen and oxygen atoms in total. The lowest BCUT2D eigenvalue weighted by molar-refractivity contribution is 0.414. The third kappa shape index (κ3) is 4.22. The molecule has 0 atom stereocenters. The third-order valence-corrected chi connectivity index (χ3v) is 3.43. The van der Waals surface area contributed by atoms with Gasteiger partial charge in [0.15, 0.2) is 0 Å². The van der Waals surface area contributed by atoms with Crippen LogP contribution in [0.3, 0.4) is 0 Å². The highest BCUT2D eigenvalue weighted by atomic mass is 35.5. The molecule has 0 radical (unpaired) electrons. The minimum atomic E-state index is -0.308. The van der Waals surface area contributed by atoms with Crippen LogP contribution in [-0.2, 0) is 13.0 Å². The predicted octanol–water partition coefficient (Wildman–Crippen LogP) is 3.82. The first-order valence-electron chi connectivity index (χ1n) is 6.46. The molecule has 4 heteroatoms. The fourth-order valence-electron chi connectivity index (χ4n) is 1.91. The molecular weight excluding hydrogens is 277 g/mol. The Balaban J connectivity index is 1.78. The number of hydrogen-bond acceptors (Lipinski definition) is 2. The van der Waals surface area contributed by atoms with E-state index in [9.17, 15) is 4.39 Å². The Morgan fingerprint density at radius 2 is 1.90 bits per heavy atom. The van der Waals surface area contributed by atoms with Gasteiger partial charge in [-0.1, -0.05) is 29.8 Å². The van der Waals surface area contributed by atoms with Crippen molar-refractivity contribution in [2.75, 3.05) is 13.7 Å². The number of halogens is 2. The molecule has 0 aliphatic carbocycles. The van der Waals surface area contributed by atoms with E-state index in [4.69, 9.17) is 16.3 Å². The van der Waals surface area contributed by atoms with E-state index in [0.29, 0.717) is 11.6 Å². The molecule has 1 N–H and O–H groups in total. The van der Waals surface area contributed by atoms with Crippen LogP contribution >= 0.6 is 11.6 Å². The van der Waals surface area contributed by atoms with Gasteiger partial charge in [-0.2, -0.15) is 0 Å². The van der Waals surface area contributed by atoms with Crippen LogP contribution in [-0.4, -0.2) is 13.7 Å². The normalized spacial score (nSPS) is 10.6. The van der Waals surface area contributed by atoms with Crippen LogP contribution in [0, 0.1) is 5.82 Å². The molecule has 0 saturated heterocycles. The van der Waals surface area contributed by atoms with Crippen LogP contribution in [0.4, 0.5) is 4.39 Å². The van der Waals surface area contributed by atoms with E-state index >= 15 is 0 Å². The summed E-state index contributed by atoms with van der Waals surface area (Å²) in [6.07, 6.45) is 0.919. The summed E-state index contributed by atoms with van der Waals surface area (Å²) in [5.74, 6) is 0.553. The first-order valence-corrected chi connectivity index (χ1v) is 6.84. The molecule has 0 aliphatic rings. The summed E-state index contributed by atoms with van der Waals surface area (Å²) in [4.78, 5) is 0. The van der Waals surface area contributed by atoms with E-state index in [0.717, 1.165) is 24.3 Å². The quantitative estimate of drug-likeness (QED) is 0.818. The maximum absolute atomic E-state index is 12.9. The van der Waals surface area contributed by atoms with E-state index in [-0.39, 0.29) is 5.82 Å². The van der Waals surface area contributed by atoms with Crippen molar-refractivity contribution in [3.63, 3.8) is 0 Å². The highest BCUT2D eigenvalue weighted by Crippen LogP contribution is 2.17. The van der Waals surface area contributed by atoms with Crippen LogP contribution in [0.5, 0.6) is 5.75 Å². The number of hydrogen-bond donors (Lipinski definition) is 1. The number of benzene rings is 2. The fourth-order valence-corrected chi connectivity index (χ4v) is 2.15. The zero-order valence-corrected chi connectivity index (χ0v) is 12.1. The monoisotopic (exact) mass is 293 g/mol. The Labute approximate surface area is 123 Å². The Morgan fingerprint density at radius 1 is 1.15 bits per heavy atom. The lowest BCUT2D eigenvalue weighted by Crippen LogP contribution is -2.16. The third-order valence-electron chi connectivity index (χ3n) is 3.08. The average Bonchev–Trinajstić information content (AvgIpc) is 2.46. The molecule has 0 bridgehead atoms. The molecule has 0 saturated carbocycles. The van der Waals surface area contributed by atoms with Gasteiger partial charge in [-0.3, -0.25) is 0 Å². The van der Waals surface area contributed by atoms with Gasteiger partial charge in [-0.05, 0) is 48.4 Å². The second-order valence-electron chi connectivity index (χ2n) is 4.51. The number of rotatable bonds is 6. The molecule has 0 unspecified atom stereocenters. The van der Waals surface area contributed by atoms with Crippen molar-refractivity contribution in [3.05, 3.63) is 64.4 Å². The van der Waals surface area contributed by atoms with E-state index in [1.165, 1.54) is 17.7 Å². The standard InChI is InChI=1S/C16H17ClFNO/c1-20-15-6-2-12(3-7-15)8-9-19-11-13-4-5-14(18)10-16(13)17/h2-7,10,19H,8-9,11H2,1H3. The van der Waals surface area contributed by atoms with E-state index < -0.39 is 0 Å². The van der Waals surface area contributed by atoms with Crippen LogP contribution in [0.1, 0.15) is 11.1 Å². The minimum Gasteiger partial charge on any atom is -0.497 e. The van der Waals surface area contributed by atoms with Gasteiger partial charge < -0.3 is 10.1 Å². The minimum absolute atomic E-state index is 0.308. The van der Waals surface area contributed by atoms with Crippen LogP contribution in [0.2, 0.25) is 5.02 Å². The average molecular weight is 294 g/mol. The van der Waals surface area contributed by atoms with Crippen LogP contribution in [0.25, 0.3) is 0 Å². The number of methoxy groups -OCH3 is 1. The first kappa shape index (κ1) is 14.8. The molecule has 0 heterocycles. The van der Waals surface area contributed by atoms with Gasteiger partial charge in [0, 0.05) is 11.6 Å². The SMILES string of the molecule is COc1ccc(CCNCc2ccc(F)cc2Cl)cc1. The van der Waals surface area contributed by atoms with Crippen molar-refractivity contribution < 1.29 is 9.13 Å². The summed E-state index contributed by atoms with van der Waals surface area (Å²) in [7, 11) is 1.66. The number of ether oxygens (including phenoxy) is 1. The van der Waals surface area contributed by atoms with Gasteiger partial charge in [0.1, 0.15) is 11.6 Å². The second-order valence-corrected chi connectivity index (χ2v) is 4.92. The van der Waals surface area contributed by atoms with Crippen molar-refractivity contribution in [1.29, 1.82) is 0 Å². The van der Waals surface area contributed by atoms with Gasteiger partial charge in [0.2, 0.25) is 0 Å². The molecule has 20 heavy (non-hydrogen) atoms. The maximum Gasteiger partial charge on any atom is 0.124 e. The Morgan fingerprint density at radius 3 is 2.55 bits per heavy atom. The summed E-state index contributed by atoms with van der Waals surface area (Å²) < 4.78 is 18.0. The number of nitrogens with one attached hydrogen (secondary N) is 1. The maximum atomic E-state index is 12.9. The topological polar surface area (TPSA) is 21.3 Å². The summed E-state index contributed by atoms with van der Waals surface area (Å²) in [5.41, 5.74) is 2.14. The zero-order valence-electron chi connectivity index (χ0n) is 11.3. The molecule has 0 aromatic heterocycles. The van der Waals surface area contributed by atoms with Crippen molar-refractivity contribution >= 4 is 11.6 Å². The highest BCUT2D eigenvalue weighted by molar-refractivity contribution is 6.31. The lowest BCUT2D eigenvalue weighted by atomic mass is 10.1. The van der Waals surface area contributed by atoms with Crippen molar-refractivity contribution in [1.82, 2.24) is 5.32 Å². The van der Waals surface area contributed by atoms with E-state index in [2.05, 4.69) is 5.32 Å². The summed E-state index contributed by atoms with van der Waals surface area (Å²) >= 11 is 5.96. The Bertz CT molecular complexity index is 557. The van der Waals surface area contributed by atoms with E-state index in [1.807, 2.05) is 24.3 Å². The van der Waals surface area contributed by atoms with Gasteiger partial charge in [0.05, 0.1) is 7.11 Å². The Hall–Kier alpha value is -1.58. The highest BCUT2D eigenvalue weighted by Gasteiger charge is 2.01. The van der Waals surface area contributed by atoms with Gasteiger partial charge in [0.25, 0.3) is 0 Å². The van der Waals surface area contributed by atoms with Gasteiger partial charge in [-0.25, -0.2) is 4.39 Å². The Kier molecular flexibility index (Phi) is 5.39. The predicted molar refractivity (Wildman–Crippen MR) is 79.8 cm³/mol. The summed E-state index contributed by atoms with van der Waals surface area (Å²) in [6, 6.07) is 12.5. The largest absolute Gasteiger partial charge is 0.497 e. The molecule has 0 amide bonds. The fraction of sp³-hybridized carbons (Fsp3) is 0.250. The molecule has 0 aliphatic heterocycles. The first-order chi connectivity index (χ1) is 9.69. The second kappa shape index (κ2) is 7.27. The van der Waals surface area contributed by atoms with Crippen LogP contribution in [0.15, 0.2) is 42.5 Å². The van der Waals surface area contributed by atoms with Crippen molar-refractivity contribution in [2.45, 2.75) is 13.0 Å². The molecule has 2 rings (SSSR count). The molecule has 2 aromatic carbocycles. The molecule has 106 valence electrons. The van der Waals surface area contributed by atoms with Crippen LogP contribution < -0.4 is 10.1 Å². The molecule has 2 aromatic rings. The smallest absolute Gasteiger partial charge is 0.124 e. The molecule has 0 spiro atoms. The van der Waals surface area contributed by atoms with Gasteiger partial charge in [-0.15, -0.1) is 0 Å².